The molecule has 0 aliphatic carbocycles. The summed E-state index contributed by atoms with van der Waals surface area (Å²) in [7, 11) is 1.88. The summed E-state index contributed by atoms with van der Waals surface area (Å²) in [6.45, 7) is 2.47. The van der Waals surface area contributed by atoms with E-state index < -0.39 is 11.9 Å². The fraction of sp³-hybridized carbons (Fsp3) is 0.381. The predicted octanol–water partition coefficient (Wildman–Crippen LogP) is 4.59. The van der Waals surface area contributed by atoms with Crippen LogP contribution in [0.4, 0.5) is 13.2 Å². The van der Waals surface area contributed by atoms with Crippen LogP contribution in [0.5, 0.6) is 0 Å². The molecule has 10 heteroatoms. The number of alkyl halides is 3. The Morgan fingerprint density at radius 3 is 2.84 bits per heavy atom. The molecule has 0 unspecified atom stereocenters. The van der Waals surface area contributed by atoms with E-state index in [-0.39, 0.29) is 11.6 Å². The largest absolute Gasteiger partial charge is 0.433 e. The Kier molecular flexibility index (Phi) is 5.05. The van der Waals surface area contributed by atoms with E-state index in [0.717, 1.165) is 48.6 Å². The van der Waals surface area contributed by atoms with Gasteiger partial charge in [-0.3, -0.25) is 9.58 Å². The highest BCUT2D eigenvalue weighted by atomic mass is 32.1. The van der Waals surface area contributed by atoms with Gasteiger partial charge in [-0.2, -0.15) is 23.4 Å². The first kappa shape index (κ1) is 20.2. The van der Waals surface area contributed by atoms with Gasteiger partial charge in [0.05, 0.1) is 22.5 Å². The summed E-state index contributed by atoms with van der Waals surface area (Å²) in [5, 5.41) is 10.4. The molecular weight excluding hydrogens is 425 g/mol. The van der Waals surface area contributed by atoms with Gasteiger partial charge in [0.15, 0.2) is 11.3 Å². The Labute approximate surface area is 180 Å². The van der Waals surface area contributed by atoms with E-state index in [0.29, 0.717) is 16.3 Å². The molecule has 0 aromatic carbocycles. The van der Waals surface area contributed by atoms with Crippen LogP contribution in [0.15, 0.2) is 42.0 Å². The maximum atomic E-state index is 13.8. The summed E-state index contributed by atoms with van der Waals surface area (Å²) in [6.07, 6.45) is 1.18. The summed E-state index contributed by atoms with van der Waals surface area (Å²) in [6, 6.07) is 6.38. The van der Waals surface area contributed by atoms with Crippen LogP contribution in [0.2, 0.25) is 0 Å². The lowest BCUT2D eigenvalue weighted by atomic mass is 9.94. The van der Waals surface area contributed by atoms with Crippen molar-refractivity contribution in [1.29, 1.82) is 0 Å². The van der Waals surface area contributed by atoms with Crippen molar-refractivity contribution in [3.63, 3.8) is 0 Å². The Hall–Kier alpha value is -2.72. The average Bonchev–Trinajstić information content (AvgIpc) is 3.47. The van der Waals surface area contributed by atoms with Crippen LogP contribution in [-0.4, -0.2) is 42.4 Å². The van der Waals surface area contributed by atoms with Crippen molar-refractivity contribution in [2.45, 2.75) is 31.5 Å². The minimum Gasteiger partial charge on any atom is -0.298 e. The van der Waals surface area contributed by atoms with Crippen LogP contribution in [0.3, 0.4) is 0 Å². The van der Waals surface area contributed by atoms with Crippen molar-refractivity contribution in [3.8, 4) is 10.6 Å². The number of likely N-dealkylation sites (tertiary alicyclic amines) is 1. The smallest absolute Gasteiger partial charge is 0.298 e. The summed E-state index contributed by atoms with van der Waals surface area (Å²) in [5.74, 6) is 0.0680. The number of hydrogen-bond acceptors (Lipinski definition) is 5. The number of piperidine rings is 1. The standard InChI is InChI=1S/C21H21F3N6S/c1-28-11-14(10-25-28)12-29-6-2-4-15(13-29)16-9-20-26-17(18-5-3-7-31-18)8-19(21(22,23)24)30(20)27-16/h3,5,7-11,15H,2,4,6,12-13H2,1H3/t15-/m1/s1. The van der Waals surface area contributed by atoms with Crippen LogP contribution in [-0.2, 0) is 19.8 Å². The summed E-state index contributed by atoms with van der Waals surface area (Å²) in [4.78, 5) is 7.50. The van der Waals surface area contributed by atoms with Gasteiger partial charge >= 0.3 is 6.18 Å². The molecule has 1 atom stereocenters. The van der Waals surface area contributed by atoms with E-state index in [4.69, 9.17) is 0 Å². The lowest BCUT2D eigenvalue weighted by Crippen LogP contribution is -2.34. The molecule has 0 N–H and O–H groups in total. The third-order valence-corrected chi connectivity index (χ3v) is 6.49. The van der Waals surface area contributed by atoms with Gasteiger partial charge in [-0.1, -0.05) is 6.07 Å². The topological polar surface area (TPSA) is 51.2 Å². The number of nitrogens with zero attached hydrogens (tertiary/aromatic N) is 6. The Bertz CT molecular complexity index is 1190. The van der Waals surface area contributed by atoms with Crippen molar-refractivity contribution in [2.24, 2.45) is 7.05 Å². The van der Waals surface area contributed by atoms with Crippen LogP contribution in [0.1, 0.15) is 35.7 Å². The molecule has 162 valence electrons. The highest BCUT2D eigenvalue weighted by Crippen LogP contribution is 2.35. The summed E-state index contributed by atoms with van der Waals surface area (Å²) < 4.78 is 44.1. The first-order valence-electron chi connectivity index (χ1n) is 10.1. The van der Waals surface area contributed by atoms with Gasteiger partial charge in [0.25, 0.3) is 0 Å². The molecule has 0 spiro atoms. The van der Waals surface area contributed by atoms with Gasteiger partial charge in [0.1, 0.15) is 0 Å². The maximum absolute atomic E-state index is 13.8. The molecule has 1 aliphatic heterocycles. The molecule has 0 saturated carbocycles. The van der Waals surface area contributed by atoms with Gasteiger partial charge in [0, 0.05) is 43.9 Å². The predicted molar refractivity (Wildman–Crippen MR) is 112 cm³/mol. The number of halogens is 3. The first-order chi connectivity index (χ1) is 14.9. The number of hydrogen-bond donors (Lipinski definition) is 0. The molecule has 5 heterocycles. The van der Waals surface area contributed by atoms with E-state index in [2.05, 4.69) is 20.1 Å². The van der Waals surface area contributed by atoms with Crippen LogP contribution in [0, 0.1) is 0 Å². The minimum absolute atomic E-state index is 0.0680. The van der Waals surface area contributed by atoms with E-state index in [1.807, 2.05) is 24.8 Å². The third kappa shape index (κ3) is 4.09. The summed E-state index contributed by atoms with van der Waals surface area (Å²) >= 11 is 1.37. The fourth-order valence-electron chi connectivity index (χ4n) is 4.20. The van der Waals surface area contributed by atoms with Crippen molar-refractivity contribution >= 4 is 17.0 Å². The molecule has 4 aromatic rings. The van der Waals surface area contributed by atoms with Gasteiger partial charge in [-0.05, 0) is 36.9 Å². The zero-order valence-electron chi connectivity index (χ0n) is 16.9. The van der Waals surface area contributed by atoms with E-state index in [1.54, 1.807) is 22.9 Å². The van der Waals surface area contributed by atoms with Crippen molar-refractivity contribution in [3.05, 3.63) is 59.0 Å². The Balaban J connectivity index is 1.47. The summed E-state index contributed by atoms with van der Waals surface area (Å²) in [5.41, 5.74) is 1.55. The lowest BCUT2D eigenvalue weighted by Gasteiger charge is -2.31. The first-order valence-corrected chi connectivity index (χ1v) is 11.0. The van der Waals surface area contributed by atoms with Crippen LogP contribution in [0.25, 0.3) is 16.2 Å². The molecule has 0 bridgehead atoms. The fourth-order valence-corrected chi connectivity index (χ4v) is 4.88. The monoisotopic (exact) mass is 446 g/mol. The molecule has 31 heavy (non-hydrogen) atoms. The average molecular weight is 447 g/mol. The number of aryl methyl sites for hydroxylation is 1. The normalized spacial score (nSPS) is 18.1. The second-order valence-electron chi connectivity index (χ2n) is 7.94. The molecule has 4 aromatic heterocycles. The quantitative estimate of drug-likeness (QED) is 0.460. The maximum Gasteiger partial charge on any atom is 0.433 e. The molecule has 0 radical (unpaired) electrons. The molecule has 0 amide bonds. The highest BCUT2D eigenvalue weighted by molar-refractivity contribution is 7.13. The third-order valence-electron chi connectivity index (χ3n) is 5.60. The number of rotatable bonds is 4. The second kappa shape index (κ2) is 7.76. The second-order valence-corrected chi connectivity index (χ2v) is 8.89. The zero-order chi connectivity index (χ0) is 21.6. The molecule has 1 saturated heterocycles. The zero-order valence-corrected chi connectivity index (χ0v) is 17.7. The van der Waals surface area contributed by atoms with E-state index in [9.17, 15) is 13.2 Å². The van der Waals surface area contributed by atoms with Gasteiger partial charge in [0.2, 0.25) is 0 Å². The van der Waals surface area contributed by atoms with Crippen molar-refractivity contribution in [2.75, 3.05) is 13.1 Å². The van der Waals surface area contributed by atoms with Crippen LogP contribution < -0.4 is 0 Å². The lowest BCUT2D eigenvalue weighted by molar-refractivity contribution is -0.142. The number of fused-ring (bicyclic) bond motifs is 1. The molecular formula is C21H21F3N6S. The van der Waals surface area contributed by atoms with Gasteiger partial charge in [-0.15, -0.1) is 11.3 Å². The van der Waals surface area contributed by atoms with E-state index in [1.165, 1.54) is 11.3 Å². The molecule has 1 fully saturated rings. The molecule has 1 aliphatic rings. The SMILES string of the molecule is Cn1cc(CN2CCC[C@@H](c3cc4nc(-c5cccs5)cc(C(F)(F)F)n4n3)C2)cn1. The van der Waals surface area contributed by atoms with Gasteiger partial charge < -0.3 is 0 Å². The van der Waals surface area contributed by atoms with Gasteiger partial charge in [-0.25, -0.2) is 9.50 Å². The number of thiophene rings is 1. The molecule has 6 nitrogen and oxygen atoms in total. The molecule has 5 rings (SSSR count). The Morgan fingerprint density at radius 1 is 1.26 bits per heavy atom. The van der Waals surface area contributed by atoms with Crippen molar-refractivity contribution < 1.29 is 13.2 Å². The van der Waals surface area contributed by atoms with Crippen molar-refractivity contribution in [1.82, 2.24) is 29.3 Å². The van der Waals surface area contributed by atoms with E-state index >= 15 is 0 Å². The Morgan fingerprint density at radius 2 is 2.13 bits per heavy atom. The minimum atomic E-state index is -4.52. The highest BCUT2D eigenvalue weighted by Gasteiger charge is 2.36. The number of aromatic nitrogens is 5. The van der Waals surface area contributed by atoms with Crippen LogP contribution >= 0.6 is 11.3 Å².